The highest BCUT2D eigenvalue weighted by Crippen LogP contribution is 2.32. The molecule has 3 nitrogen and oxygen atoms in total. The van der Waals surface area contributed by atoms with Crippen molar-refractivity contribution in [3.63, 3.8) is 0 Å². The maximum atomic E-state index is 10.9. The summed E-state index contributed by atoms with van der Waals surface area (Å²) in [6, 6.07) is 6.49. The van der Waals surface area contributed by atoms with Gasteiger partial charge in [-0.25, -0.2) is 0 Å². The number of aliphatic hydroxyl groups is 1. The standard InChI is InChI=1S/C17H25NO2/c1-2-15-12-18-9-8-17(15,19)7-5-13-3-4-16-14(11-13)6-10-20-16/h3-4,11,15,18-19H,2,5-10,12H2,1H3. The van der Waals surface area contributed by atoms with Crippen molar-refractivity contribution in [2.24, 2.45) is 5.92 Å². The third-order valence-electron chi connectivity index (χ3n) is 4.98. The summed E-state index contributed by atoms with van der Waals surface area (Å²) in [4.78, 5) is 0. The Labute approximate surface area is 121 Å². The molecule has 0 bridgehead atoms. The van der Waals surface area contributed by atoms with Crippen molar-refractivity contribution < 1.29 is 9.84 Å². The summed E-state index contributed by atoms with van der Waals surface area (Å²) < 4.78 is 5.54. The fourth-order valence-corrected chi connectivity index (χ4v) is 3.58. The van der Waals surface area contributed by atoms with E-state index in [0.717, 1.165) is 57.6 Å². The van der Waals surface area contributed by atoms with E-state index < -0.39 is 5.60 Å². The topological polar surface area (TPSA) is 41.5 Å². The lowest BCUT2D eigenvalue weighted by Crippen LogP contribution is -2.50. The van der Waals surface area contributed by atoms with E-state index in [1.54, 1.807) is 0 Å². The first-order chi connectivity index (χ1) is 9.71. The van der Waals surface area contributed by atoms with Gasteiger partial charge in [0.2, 0.25) is 0 Å². The minimum absolute atomic E-state index is 0.383. The highest BCUT2D eigenvalue weighted by molar-refractivity contribution is 5.39. The molecule has 2 aliphatic heterocycles. The Morgan fingerprint density at radius 2 is 2.35 bits per heavy atom. The molecule has 2 unspecified atom stereocenters. The Hall–Kier alpha value is -1.06. The zero-order valence-corrected chi connectivity index (χ0v) is 12.3. The maximum absolute atomic E-state index is 10.9. The average molecular weight is 275 g/mol. The maximum Gasteiger partial charge on any atom is 0.122 e. The predicted octanol–water partition coefficient (Wildman–Crippen LogP) is 2.30. The van der Waals surface area contributed by atoms with Gasteiger partial charge in [0, 0.05) is 13.0 Å². The van der Waals surface area contributed by atoms with E-state index in [2.05, 4.69) is 30.4 Å². The van der Waals surface area contributed by atoms with Gasteiger partial charge in [0.05, 0.1) is 12.2 Å². The Balaban J connectivity index is 1.66. The fourth-order valence-electron chi connectivity index (χ4n) is 3.58. The van der Waals surface area contributed by atoms with Crippen LogP contribution in [-0.2, 0) is 12.8 Å². The molecular formula is C17H25NO2. The molecule has 3 rings (SSSR count). The van der Waals surface area contributed by atoms with Gasteiger partial charge in [-0.05, 0) is 55.3 Å². The number of hydrogen-bond acceptors (Lipinski definition) is 3. The summed E-state index contributed by atoms with van der Waals surface area (Å²) >= 11 is 0. The summed E-state index contributed by atoms with van der Waals surface area (Å²) in [6.07, 6.45) is 4.77. The van der Waals surface area contributed by atoms with Gasteiger partial charge in [0.25, 0.3) is 0 Å². The van der Waals surface area contributed by atoms with Crippen LogP contribution in [0.2, 0.25) is 0 Å². The van der Waals surface area contributed by atoms with E-state index in [-0.39, 0.29) is 0 Å². The number of hydrogen-bond donors (Lipinski definition) is 2. The molecule has 3 heteroatoms. The fraction of sp³-hybridized carbons (Fsp3) is 0.647. The molecule has 1 aromatic rings. The van der Waals surface area contributed by atoms with Crippen LogP contribution in [0, 0.1) is 5.92 Å². The zero-order chi connectivity index (χ0) is 14.0. The summed E-state index contributed by atoms with van der Waals surface area (Å²) in [7, 11) is 0. The van der Waals surface area contributed by atoms with E-state index in [0.29, 0.717) is 5.92 Å². The first kappa shape index (κ1) is 13.9. The second-order valence-electron chi connectivity index (χ2n) is 6.20. The minimum atomic E-state index is -0.491. The van der Waals surface area contributed by atoms with Gasteiger partial charge < -0.3 is 15.2 Å². The van der Waals surface area contributed by atoms with Crippen LogP contribution in [0.3, 0.4) is 0 Å². The molecule has 2 atom stereocenters. The molecule has 1 fully saturated rings. The van der Waals surface area contributed by atoms with Gasteiger partial charge in [-0.3, -0.25) is 0 Å². The summed E-state index contributed by atoms with van der Waals surface area (Å²) in [5.41, 5.74) is 2.16. The Bertz CT molecular complexity index is 474. The normalized spacial score (nSPS) is 29.0. The molecule has 0 amide bonds. The molecule has 0 aliphatic carbocycles. The van der Waals surface area contributed by atoms with Crippen LogP contribution in [0.4, 0.5) is 0 Å². The molecule has 2 N–H and O–H groups in total. The third-order valence-corrected chi connectivity index (χ3v) is 4.98. The molecule has 0 spiro atoms. The molecule has 1 aromatic carbocycles. The molecule has 110 valence electrons. The number of fused-ring (bicyclic) bond motifs is 1. The summed E-state index contributed by atoms with van der Waals surface area (Å²) in [6.45, 7) is 4.87. The zero-order valence-electron chi connectivity index (χ0n) is 12.3. The molecule has 20 heavy (non-hydrogen) atoms. The van der Waals surface area contributed by atoms with Gasteiger partial charge in [-0.2, -0.15) is 0 Å². The smallest absolute Gasteiger partial charge is 0.122 e. The highest BCUT2D eigenvalue weighted by Gasteiger charge is 2.37. The summed E-state index contributed by atoms with van der Waals surface area (Å²) in [5, 5.41) is 14.3. The van der Waals surface area contributed by atoms with Crippen LogP contribution in [0.5, 0.6) is 5.75 Å². The van der Waals surface area contributed by atoms with Gasteiger partial charge in [-0.1, -0.05) is 19.1 Å². The van der Waals surface area contributed by atoms with Crippen LogP contribution in [0.1, 0.15) is 37.3 Å². The predicted molar refractivity (Wildman–Crippen MR) is 80.2 cm³/mol. The Morgan fingerprint density at radius 1 is 1.45 bits per heavy atom. The molecule has 0 radical (unpaired) electrons. The number of rotatable bonds is 4. The monoisotopic (exact) mass is 275 g/mol. The SMILES string of the molecule is CCC1CNCCC1(O)CCc1ccc2c(c1)CCO2. The number of nitrogens with one attached hydrogen (secondary N) is 1. The molecule has 1 saturated heterocycles. The Morgan fingerprint density at radius 3 is 3.20 bits per heavy atom. The number of benzene rings is 1. The van der Waals surface area contributed by atoms with Crippen molar-refractivity contribution in [2.75, 3.05) is 19.7 Å². The largest absolute Gasteiger partial charge is 0.493 e. The summed E-state index contributed by atoms with van der Waals surface area (Å²) in [5.74, 6) is 1.43. The molecule has 2 heterocycles. The van der Waals surface area contributed by atoms with E-state index >= 15 is 0 Å². The first-order valence-corrected chi connectivity index (χ1v) is 7.89. The number of piperidine rings is 1. The van der Waals surface area contributed by atoms with Crippen molar-refractivity contribution in [3.05, 3.63) is 29.3 Å². The second kappa shape index (κ2) is 5.74. The minimum Gasteiger partial charge on any atom is -0.493 e. The van der Waals surface area contributed by atoms with Gasteiger partial charge in [0.15, 0.2) is 0 Å². The highest BCUT2D eigenvalue weighted by atomic mass is 16.5. The van der Waals surface area contributed by atoms with Crippen molar-refractivity contribution >= 4 is 0 Å². The first-order valence-electron chi connectivity index (χ1n) is 7.89. The van der Waals surface area contributed by atoms with E-state index in [1.807, 2.05) is 0 Å². The van der Waals surface area contributed by atoms with Crippen molar-refractivity contribution in [3.8, 4) is 5.75 Å². The lowest BCUT2D eigenvalue weighted by molar-refractivity contribution is -0.0483. The van der Waals surface area contributed by atoms with Gasteiger partial charge in [0.1, 0.15) is 5.75 Å². The van der Waals surface area contributed by atoms with Crippen molar-refractivity contribution in [1.82, 2.24) is 5.32 Å². The quantitative estimate of drug-likeness (QED) is 0.886. The van der Waals surface area contributed by atoms with Crippen LogP contribution in [0.15, 0.2) is 18.2 Å². The van der Waals surface area contributed by atoms with E-state index in [9.17, 15) is 5.11 Å². The third kappa shape index (κ3) is 2.70. The molecule has 0 saturated carbocycles. The van der Waals surface area contributed by atoms with Crippen molar-refractivity contribution in [1.29, 1.82) is 0 Å². The van der Waals surface area contributed by atoms with E-state index in [1.165, 1.54) is 11.1 Å². The lowest BCUT2D eigenvalue weighted by Gasteiger charge is -2.40. The van der Waals surface area contributed by atoms with Crippen LogP contribution >= 0.6 is 0 Å². The van der Waals surface area contributed by atoms with Crippen LogP contribution in [-0.4, -0.2) is 30.4 Å². The Kier molecular flexibility index (Phi) is 3.99. The molecule has 0 aromatic heterocycles. The van der Waals surface area contributed by atoms with Crippen LogP contribution < -0.4 is 10.1 Å². The molecule has 2 aliphatic rings. The number of ether oxygens (including phenoxy) is 1. The van der Waals surface area contributed by atoms with Gasteiger partial charge in [-0.15, -0.1) is 0 Å². The second-order valence-corrected chi connectivity index (χ2v) is 6.20. The van der Waals surface area contributed by atoms with E-state index in [4.69, 9.17) is 4.74 Å². The lowest BCUT2D eigenvalue weighted by atomic mass is 9.76. The van der Waals surface area contributed by atoms with Gasteiger partial charge >= 0.3 is 0 Å². The average Bonchev–Trinajstić information content (AvgIpc) is 2.93. The molecular weight excluding hydrogens is 250 g/mol. The number of aryl methyl sites for hydroxylation is 1. The van der Waals surface area contributed by atoms with Crippen LogP contribution in [0.25, 0.3) is 0 Å². The van der Waals surface area contributed by atoms with Crippen molar-refractivity contribution in [2.45, 2.75) is 44.6 Å².